The third kappa shape index (κ3) is 3.49. The van der Waals surface area contributed by atoms with Gasteiger partial charge in [0, 0.05) is 30.9 Å². The smallest absolute Gasteiger partial charge is 0.221 e. The first kappa shape index (κ1) is 15.7. The minimum absolute atomic E-state index is 0.141. The Morgan fingerprint density at radius 2 is 1.59 bits per heavy atom. The van der Waals surface area contributed by atoms with Crippen LogP contribution in [0.4, 0.5) is 21.5 Å². The summed E-state index contributed by atoms with van der Waals surface area (Å²) >= 11 is 0. The van der Waals surface area contributed by atoms with E-state index in [-0.39, 0.29) is 17.5 Å². The van der Waals surface area contributed by atoms with Gasteiger partial charge in [0.05, 0.1) is 5.69 Å². The average molecular weight is 300 g/mol. The first-order chi connectivity index (χ1) is 10.4. The first-order valence-electron chi connectivity index (χ1n) is 6.80. The molecule has 114 valence electrons. The Balaban J connectivity index is 2.39. The summed E-state index contributed by atoms with van der Waals surface area (Å²) in [4.78, 5) is 24.8. The third-order valence-electron chi connectivity index (χ3n) is 3.29. The van der Waals surface area contributed by atoms with Gasteiger partial charge in [-0.3, -0.25) is 9.59 Å². The van der Waals surface area contributed by atoms with Gasteiger partial charge >= 0.3 is 0 Å². The van der Waals surface area contributed by atoms with Crippen LogP contribution in [0.1, 0.15) is 24.2 Å². The molecule has 0 aliphatic rings. The van der Waals surface area contributed by atoms with Crippen molar-refractivity contribution in [3.05, 3.63) is 53.8 Å². The van der Waals surface area contributed by atoms with E-state index < -0.39 is 0 Å². The Bertz CT molecular complexity index is 711. The van der Waals surface area contributed by atoms with Crippen molar-refractivity contribution in [3.63, 3.8) is 0 Å². The van der Waals surface area contributed by atoms with Crippen molar-refractivity contribution in [1.82, 2.24) is 0 Å². The van der Waals surface area contributed by atoms with E-state index in [4.69, 9.17) is 0 Å². The predicted octanol–water partition coefficient (Wildman–Crippen LogP) is 3.75. The summed E-state index contributed by atoms with van der Waals surface area (Å²) in [6.45, 7) is 2.84. The van der Waals surface area contributed by atoms with Crippen LogP contribution in [0, 0.1) is 5.82 Å². The van der Waals surface area contributed by atoms with Crippen LogP contribution >= 0.6 is 0 Å². The van der Waals surface area contributed by atoms with Gasteiger partial charge in [-0.15, -0.1) is 0 Å². The van der Waals surface area contributed by atoms with Gasteiger partial charge in [-0.05, 0) is 49.4 Å². The van der Waals surface area contributed by atoms with Gasteiger partial charge in [0.2, 0.25) is 5.91 Å². The van der Waals surface area contributed by atoms with Crippen LogP contribution in [-0.2, 0) is 4.79 Å². The zero-order valence-corrected chi connectivity index (χ0v) is 12.7. The molecule has 2 rings (SSSR count). The number of nitrogens with one attached hydrogen (secondary N) is 1. The van der Waals surface area contributed by atoms with Crippen molar-refractivity contribution < 1.29 is 14.0 Å². The second-order valence-electron chi connectivity index (χ2n) is 5.00. The van der Waals surface area contributed by atoms with Gasteiger partial charge in [0.15, 0.2) is 5.78 Å². The number of carbonyl (C=O) groups excluding carboxylic acids is 2. The lowest BCUT2D eigenvalue weighted by molar-refractivity contribution is -0.114. The van der Waals surface area contributed by atoms with Crippen LogP contribution in [0.25, 0.3) is 0 Å². The number of anilines is 3. The number of carbonyl (C=O) groups is 2. The summed E-state index contributed by atoms with van der Waals surface area (Å²) in [5.41, 5.74) is 2.48. The molecule has 0 unspecified atom stereocenters. The monoisotopic (exact) mass is 300 g/mol. The fourth-order valence-corrected chi connectivity index (χ4v) is 2.14. The largest absolute Gasteiger partial charge is 0.345 e. The van der Waals surface area contributed by atoms with Crippen LogP contribution < -0.4 is 10.2 Å². The predicted molar refractivity (Wildman–Crippen MR) is 85.2 cm³/mol. The number of hydrogen-bond donors (Lipinski definition) is 1. The van der Waals surface area contributed by atoms with Crippen molar-refractivity contribution in [2.75, 3.05) is 17.3 Å². The molecule has 2 aromatic rings. The normalized spacial score (nSPS) is 10.2. The number of ketones is 1. The number of hydrogen-bond acceptors (Lipinski definition) is 3. The highest BCUT2D eigenvalue weighted by atomic mass is 19.1. The number of nitrogens with zero attached hydrogens (tertiary/aromatic N) is 1. The highest BCUT2D eigenvalue weighted by Gasteiger charge is 2.12. The van der Waals surface area contributed by atoms with Gasteiger partial charge in [-0.1, -0.05) is 0 Å². The molecule has 0 saturated carbocycles. The lowest BCUT2D eigenvalue weighted by atomic mass is 10.1. The lowest BCUT2D eigenvalue weighted by Crippen LogP contribution is -2.13. The fraction of sp³-hybridized carbons (Fsp3) is 0.176. The molecule has 22 heavy (non-hydrogen) atoms. The van der Waals surface area contributed by atoms with E-state index in [1.54, 1.807) is 30.3 Å². The maximum atomic E-state index is 13.0. The molecule has 1 amide bonds. The molecular formula is C17H17FN2O2. The summed E-state index contributed by atoms with van der Waals surface area (Å²) < 4.78 is 13.0. The number of Topliss-reactive ketones (excluding diaryl/α,β-unsaturated/α-hetero) is 1. The number of rotatable bonds is 4. The molecule has 0 bridgehead atoms. The van der Waals surface area contributed by atoms with E-state index in [1.165, 1.54) is 26.0 Å². The topological polar surface area (TPSA) is 49.4 Å². The second kappa shape index (κ2) is 6.39. The summed E-state index contributed by atoms with van der Waals surface area (Å²) in [7, 11) is 1.82. The van der Waals surface area contributed by atoms with Gasteiger partial charge in [-0.2, -0.15) is 0 Å². The Kier molecular flexibility index (Phi) is 4.56. The van der Waals surface area contributed by atoms with Gasteiger partial charge in [0.25, 0.3) is 0 Å². The second-order valence-corrected chi connectivity index (χ2v) is 5.00. The van der Waals surface area contributed by atoms with Crippen molar-refractivity contribution >= 4 is 28.8 Å². The van der Waals surface area contributed by atoms with Crippen LogP contribution in [0.5, 0.6) is 0 Å². The number of amides is 1. The molecule has 0 saturated heterocycles. The van der Waals surface area contributed by atoms with E-state index in [0.29, 0.717) is 11.3 Å². The molecule has 0 fully saturated rings. The molecule has 5 heteroatoms. The zero-order valence-electron chi connectivity index (χ0n) is 12.7. The summed E-state index contributed by atoms with van der Waals surface area (Å²) in [5.74, 6) is -0.678. The SMILES string of the molecule is CC(=O)Nc1ccc(N(C)c2ccc(F)cc2)cc1C(C)=O. The van der Waals surface area contributed by atoms with Gasteiger partial charge < -0.3 is 10.2 Å². The standard InChI is InChI=1S/C17H17FN2O2/c1-11(21)16-10-15(8-9-17(16)19-12(2)22)20(3)14-6-4-13(18)5-7-14/h4-10H,1-3H3,(H,19,22). The molecule has 0 aliphatic heterocycles. The average Bonchev–Trinajstić information content (AvgIpc) is 2.47. The maximum absolute atomic E-state index is 13.0. The molecule has 0 aromatic heterocycles. The molecule has 4 nitrogen and oxygen atoms in total. The minimum Gasteiger partial charge on any atom is -0.345 e. The van der Waals surface area contributed by atoms with E-state index in [9.17, 15) is 14.0 Å². The minimum atomic E-state index is -0.303. The van der Waals surface area contributed by atoms with Crippen molar-refractivity contribution in [1.29, 1.82) is 0 Å². The third-order valence-corrected chi connectivity index (χ3v) is 3.29. The summed E-state index contributed by atoms with van der Waals surface area (Å²) in [5, 5.41) is 2.64. The fourth-order valence-electron chi connectivity index (χ4n) is 2.14. The first-order valence-corrected chi connectivity index (χ1v) is 6.80. The molecule has 0 spiro atoms. The summed E-state index contributed by atoms with van der Waals surface area (Å²) in [6.07, 6.45) is 0. The maximum Gasteiger partial charge on any atom is 0.221 e. The molecule has 1 N–H and O–H groups in total. The van der Waals surface area contributed by atoms with E-state index in [2.05, 4.69) is 5.32 Å². The highest BCUT2D eigenvalue weighted by molar-refractivity contribution is 6.04. The van der Waals surface area contributed by atoms with Gasteiger partial charge in [-0.25, -0.2) is 4.39 Å². The van der Waals surface area contributed by atoms with E-state index >= 15 is 0 Å². The van der Waals surface area contributed by atoms with Crippen LogP contribution in [0.15, 0.2) is 42.5 Å². The molecule has 0 aliphatic carbocycles. The Hall–Kier alpha value is -2.69. The number of benzene rings is 2. The quantitative estimate of drug-likeness (QED) is 0.875. The van der Waals surface area contributed by atoms with E-state index in [0.717, 1.165) is 11.4 Å². The van der Waals surface area contributed by atoms with Crippen LogP contribution in [0.3, 0.4) is 0 Å². The van der Waals surface area contributed by atoms with Gasteiger partial charge in [0.1, 0.15) is 5.82 Å². The molecule has 0 atom stereocenters. The summed E-state index contributed by atoms with van der Waals surface area (Å²) in [6, 6.07) is 11.3. The van der Waals surface area contributed by atoms with Crippen molar-refractivity contribution in [2.24, 2.45) is 0 Å². The van der Waals surface area contributed by atoms with Crippen molar-refractivity contribution in [2.45, 2.75) is 13.8 Å². The Morgan fingerprint density at radius 3 is 2.14 bits per heavy atom. The lowest BCUT2D eigenvalue weighted by Gasteiger charge is -2.21. The van der Waals surface area contributed by atoms with Crippen LogP contribution in [-0.4, -0.2) is 18.7 Å². The highest BCUT2D eigenvalue weighted by Crippen LogP contribution is 2.28. The molecular weight excluding hydrogens is 283 g/mol. The van der Waals surface area contributed by atoms with Crippen molar-refractivity contribution in [3.8, 4) is 0 Å². The Labute approximate surface area is 128 Å². The number of halogens is 1. The van der Waals surface area contributed by atoms with E-state index in [1.807, 2.05) is 11.9 Å². The molecule has 2 aromatic carbocycles. The molecule has 0 radical (unpaired) electrons. The zero-order chi connectivity index (χ0) is 16.3. The molecule has 0 heterocycles. The Morgan fingerprint density at radius 1 is 1.00 bits per heavy atom. The van der Waals surface area contributed by atoms with Crippen LogP contribution in [0.2, 0.25) is 0 Å².